The van der Waals surface area contributed by atoms with E-state index < -0.39 is 6.36 Å². The Morgan fingerprint density at radius 1 is 1.00 bits per heavy atom. The van der Waals surface area contributed by atoms with Crippen LogP contribution in [0.4, 0.5) is 30.5 Å². The molecule has 1 aliphatic carbocycles. The number of nitrogens with zero attached hydrogens (tertiary/aromatic N) is 2. The summed E-state index contributed by atoms with van der Waals surface area (Å²) in [5.74, 6) is 0.425. The topological polar surface area (TPSA) is 51.1 Å². The van der Waals surface area contributed by atoms with Crippen LogP contribution in [0.5, 0.6) is 5.75 Å². The van der Waals surface area contributed by atoms with Crippen LogP contribution >= 0.6 is 11.9 Å². The van der Waals surface area contributed by atoms with Crippen molar-refractivity contribution in [2.24, 2.45) is 10.8 Å². The van der Waals surface area contributed by atoms with Crippen molar-refractivity contribution in [2.75, 3.05) is 16.3 Å². The average Bonchev–Trinajstić information content (AvgIpc) is 3.03. The van der Waals surface area contributed by atoms with Crippen LogP contribution in [0.25, 0.3) is 11.0 Å². The summed E-state index contributed by atoms with van der Waals surface area (Å²) in [5, 5.41) is 3.34. The first-order valence-corrected chi connectivity index (χ1v) is 12.5. The average molecular weight is 493 g/mol. The minimum absolute atomic E-state index is 0.178. The lowest BCUT2D eigenvalue weighted by Crippen LogP contribution is -2.35. The van der Waals surface area contributed by atoms with Crippen molar-refractivity contribution >= 4 is 40.3 Å². The Labute approximate surface area is 202 Å². The van der Waals surface area contributed by atoms with Gasteiger partial charge in [0.05, 0.1) is 11.0 Å². The summed E-state index contributed by atoms with van der Waals surface area (Å²) in [5.41, 5.74) is 3.86. The molecule has 5 nitrogen and oxygen atoms in total. The molecule has 4 rings (SSSR count). The molecule has 2 aromatic carbocycles. The Morgan fingerprint density at radius 2 is 1.62 bits per heavy atom. The van der Waals surface area contributed by atoms with Gasteiger partial charge < -0.3 is 19.3 Å². The van der Waals surface area contributed by atoms with Crippen molar-refractivity contribution in [1.29, 1.82) is 0 Å². The van der Waals surface area contributed by atoms with Gasteiger partial charge in [0, 0.05) is 23.7 Å². The predicted octanol–water partition coefficient (Wildman–Crippen LogP) is 8.15. The number of aromatic nitrogens is 2. The number of hydrogen-bond donors (Lipinski definition) is 2. The number of imidazole rings is 1. The molecule has 0 saturated heterocycles. The molecule has 0 radical (unpaired) electrons. The van der Waals surface area contributed by atoms with Crippen molar-refractivity contribution in [3.05, 3.63) is 42.5 Å². The molecule has 1 heterocycles. The van der Waals surface area contributed by atoms with Crippen molar-refractivity contribution in [3.63, 3.8) is 0 Å². The van der Waals surface area contributed by atoms with Gasteiger partial charge in [0.25, 0.3) is 0 Å². The van der Waals surface area contributed by atoms with Gasteiger partial charge in [-0.15, -0.1) is 13.2 Å². The monoisotopic (exact) mass is 492 g/mol. The van der Waals surface area contributed by atoms with Gasteiger partial charge in [-0.3, -0.25) is 0 Å². The van der Waals surface area contributed by atoms with Gasteiger partial charge >= 0.3 is 6.36 Å². The summed E-state index contributed by atoms with van der Waals surface area (Å²) >= 11 is 1.52. The Morgan fingerprint density at radius 3 is 2.21 bits per heavy atom. The highest BCUT2D eigenvalue weighted by atomic mass is 32.2. The number of hydrogen-bond acceptors (Lipinski definition) is 5. The molecule has 184 valence electrons. The fourth-order valence-corrected chi connectivity index (χ4v) is 5.94. The van der Waals surface area contributed by atoms with Gasteiger partial charge in [0.2, 0.25) is 5.95 Å². The molecule has 3 aromatic rings. The van der Waals surface area contributed by atoms with Crippen molar-refractivity contribution in [2.45, 2.75) is 59.4 Å². The molecule has 0 atom stereocenters. The summed E-state index contributed by atoms with van der Waals surface area (Å²) in [4.78, 5) is 4.89. The third-order valence-electron chi connectivity index (χ3n) is 6.15. The van der Waals surface area contributed by atoms with Gasteiger partial charge in [0.1, 0.15) is 5.75 Å². The molecule has 9 heteroatoms. The van der Waals surface area contributed by atoms with Crippen LogP contribution < -0.4 is 14.8 Å². The van der Waals surface area contributed by atoms with E-state index in [1.54, 1.807) is 12.1 Å². The number of alkyl halides is 3. The number of ether oxygens (including phenoxy) is 1. The number of rotatable bonds is 6. The van der Waals surface area contributed by atoms with E-state index >= 15 is 0 Å². The lowest BCUT2D eigenvalue weighted by molar-refractivity contribution is -0.274. The van der Waals surface area contributed by atoms with Crippen LogP contribution in [-0.4, -0.2) is 22.2 Å². The third-order valence-corrected chi connectivity index (χ3v) is 6.59. The normalized spacial score (nSPS) is 18.1. The van der Waals surface area contributed by atoms with E-state index in [1.165, 1.54) is 24.1 Å². The maximum Gasteiger partial charge on any atom is 0.573 e. The zero-order valence-electron chi connectivity index (χ0n) is 20.1. The van der Waals surface area contributed by atoms with E-state index in [1.807, 2.05) is 18.4 Å². The molecule has 0 bridgehead atoms. The largest absolute Gasteiger partial charge is 0.573 e. The van der Waals surface area contributed by atoms with Crippen LogP contribution in [0.3, 0.4) is 0 Å². The first kappa shape index (κ1) is 24.6. The van der Waals surface area contributed by atoms with Gasteiger partial charge in [-0.1, -0.05) is 39.6 Å². The maximum atomic E-state index is 12.5. The minimum atomic E-state index is -4.72. The Balaban J connectivity index is 1.73. The molecule has 2 N–H and O–H groups in total. The second-order valence-corrected chi connectivity index (χ2v) is 11.2. The van der Waals surface area contributed by atoms with Gasteiger partial charge in [-0.2, -0.15) is 0 Å². The summed E-state index contributed by atoms with van der Waals surface area (Å²) in [6, 6.07) is 12.1. The minimum Gasteiger partial charge on any atom is -0.406 e. The highest BCUT2D eigenvalue weighted by molar-refractivity contribution is 7.99. The zero-order chi connectivity index (χ0) is 24.7. The summed E-state index contributed by atoms with van der Waals surface area (Å²) in [7, 11) is 0. The van der Waals surface area contributed by atoms with Gasteiger partial charge in [-0.05, 0) is 72.6 Å². The van der Waals surface area contributed by atoms with Crippen LogP contribution in [0, 0.1) is 10.8 Å². The maximum absolute atomic E-state index is 12.5. The molecule has 0 spiro atoms. The van der Waals surface area contributed by atoms with Crippen molar-refractivity contribution < 1.29 is 17.9 Å². The second kappa shape index (κ2) is 8.91. The van der Waals surface area contributed by atoms with E-state index in [0.29, 0.717) is 11.6 Å². The number of anilines is 3. The van der Waals surface area contributed by atoms with Crippen molar-refractivity contribution in [1.82, 2.24) is 9.55 Å². The van der Waals surface area contributed by atoms with Gasteiger partial charge in [-0.25, -0.2) is 4.98 Å². The van der Waals surface area contributed by atoms with Crippen LogP contribution in [0.1, 0.15) is 53.0 Å². The predicted molar refractivity (Wildman–Crippen MR) is 134 cm³/mol. The van der Waals surface area contributed by atoms with Crippen LogP contribution in [0.2, 0.25) is 0 Å². The number of halogens is 3. The SMILES string of the molecule is CSNc1ccc2c(c1)nc(Nc1ccc(OC(F)(F)F)cc1)n2C1CC(C)(C)CC(C)(C)C1. The van der Waals surface area contributed by atoms with E-state index in [2.05, 4.69) is 53.1 Å². The number of fused-ring (bicyclic) bond motifs is 1. The Hall–Kier alpha value is -2.55. The van der Waals surface area contributed by atoms with Gasteiger partial charge in [0.15, 0.2) is 0 Å². The van der Waals surface area contributed by atoms with E-state index in [4.69, 9.17) is 4.98 Å². The molecule has 0 unspecified atom stereocenters. The highest BCUT2D eigenvalue weighted by Gasteiger charge is 2.40. The second-order valence-electron chi connectivity index (χ2n) is 10.6. The molecule has 1 aromatic heterocycles. The van der Waals surface area contributed by atoms with Crippen molar-refractivity contribution in [3.8, 4) is 5.75 Å². The lowest BCUT2D eigenvalue weighted by Gasteiger charge is -2.45. The standard InChI is InChI=1S/C25H31F3N4OS/c1-23(2)13-18(14-24(3,4)15-23)32-21-11-8-17(31-34-5)12-20(21)30-22(32)29-16-6-9-19(10-7-16)33-25(26,27)28/h6-12,18,31H,13-15H2,1-5H3,(H,29,30). The fourth-order valence-electron chi connectivity index (χ4n) is 5.58. The molecule has 1 saturated carbocycles. The first-order valence-electron chi connectivity index (χ1n) is 11.3. The molecule has 0 aliphatic heterocycles. The smallest absolute Gasteiger partial charge is 0.406 e. The summed E-state index contributed by atoms with van der Waals surface area (Å²) in [6.07, 6.45) is 0.425. The molecule has 1 fully saturated rings. The molecular weight excluding hydrogens is 461 g/mol. The molecule has 1 aliphatic rings. The van der Waals surface area contributed by atoms with E-state index in [9.17, 15) is 13.2 Å². The summed E-state index contributed by atoms with van der Waals surface area (Å²) < 4.78 is 47.1. The fraction of sp³-hybridized carbons (Fsp3) is 0.480. The Bertz CT molecular complexity index is 1140. The first-order chi connectivity index (χ1) is 15.8. The van der Waals surface area contributed by atoms with Crippen LogP contribution in [-0.2, 0) is 0 Å². The number of nitrogens with one attached hydrogen (secondary N) is 2. The molecule has 34 heavy (non-hydrogen) atoms. The van der Waals surface area contributed by atoms with E-state index in [0.717, 1.165) is 36.0 Å². The molecule has 0 amide bonds. The zero-order valence-corrected chi connectivity index (χ0v) is 20.9. The highest BCUT2D eigenvalue weighted by Crippen LogP contribution is 2.51. The molecular formula is C25H31F3N4OS. The lowest BCUT2D eigenvalue weighted by atomic mass is 9.63. The van der Waals surface area contributed by atoms with E-state index in [-0.39, 0.29) is 22.6 Å². The summed E-state index contributed by atoms with van der Waals surface area (Å²) in [6.45, 7) is 9.25. The van der Waals surface area contributed by atoms with Crippen LogP contribution in [0.15, 0.2) is 42.5 Å². The Kier molecular flexibility index (Phi) is 6.44. The number of benzene rings is 2. The quantitative estimate of drug-likeness (QED) is 0.340. The third kappa shape index (κ3) is 5.74.